The van der Waals surface area contributed by atoms with Gasteiger partial charge in [0.2, 0.25) is 0 Å². The molecular weight excluding hydrogens is 246 g/mol. The van der Waals surface area contributed by atoms with Crippen LogP contribution in [0.1, 0.15) is 54.9 Å². The van der Waals surface area contributed by atoms with E-state index in [2.05, 4.69) is 19.2 Å². The number of unbranched alkanes of at least 4 members (excludes halogenated alkanes) is 2. The Hall–Kier alpha value is -1.02. The van der Waals surface area contributed by atoms with Crippen LogP contribution in [0, 0.1) is 0 Å². The Labute approximate surface area is 115 Å². The minimum absolute atomic E-state index is 0.0104. The lowest BCUT2D eigenvalue weighted by atomic mass is 10.0. The SMILES string of the molecule is CC(C)c1ccc(C(=O)NCCCCCCl)cc1. The Morgan fingerprint density at radius 3 is 2.39 bits per heavy atom. The minimum atomic E-state index is 0.0104. The lowest BCUT2D eigenvalue weighted by Crippen LogP contribution is -2.24. The summed E-state index contributed by atoms with van der Waals surface area (Å²) in [6.45, 7) is 5.01. The normalized spacial score (nSPS) is 10.7. The van der Waals surface area contributed by atoms with Crippen LogP contribution in [-0.2, 0) is 0 Å². The van der Waals surface area contributed by atoms with E-state index < -0.39 is 0 Å². The van der Waals surface area contributed by atoms with Crippen LogP contribution in [0.25, 0.3) is 0 Å². The molecule has 0 saturated heterocycles. The zero-order chi connectivity index (χ0) is 13.4. The highest BCUT2D eigenvalue weighted by molar-refractivity contribution is 6.17. The van der Waals surface area contributed by atoms with Crippen LogP contribution in [0.2, 0.25) is 0 Å². The van der Waals surface area contributed by atoms with Gasteiger partial charge in [0.05, 0.1) is 0 Å². The number of nitrogens with one attached hydrogen (secondary N) is 1. The zero-order valence-electron chi connectivity index (χ0n) is 11.2. The lowest BCUT2D eigenvalue weighted by Gasteiger charge is -2.07. The number of carbonyl (C=O) groups excluding carboxylic acids is 1. The van der Waals surface area contributed by atoms with E-state index in [1.165, 1.54) is 5.56 Å². The highest BCUT2D eigenvalue weighted by atomic mass is 35.5. The predicted octanol–water partition coefficient (Wildman–Crippen LogP) is 3.95. The first kappa shape index (κ1) is 15.0. The van der Waals surface area contributed by atoms with Crippen LogP contribution in [0.3, 0.4) is 0 Å². The van der Waals surface area contributed by atoms with Gasteiger partial charge in [-0.05, 0) is 36.5 Å². The summed E-state index contributed by atoms with van der Waals surface area (Å²) in [6, 6.07) is 7.83. The molecule has 1 aromatic carbocycles. The fourth-order valence-electron chi connectivity index (χ4n) is 1.72. The Kier molecular flexibility index (Phi) is 6.81. The third-order valence-electron chi connectivity index (χ3n) is 2.94. The smallest absolute Gasteiger partial charge is 0.251 e. The molecule has 0 unspecified atom stereocenters. The minimum Gasteiger partial charge on any atom is -0.352 e. The highest BCUT2D eigenvalue weighted by Crippen LogP contribution is 2.14. The number of rotatable bonds is 7. The van der Waals surface area contributed by atoms with Crippen molar-refractivity contribution in [3.63, 3.8) is 0 Å². The molecule has 3 heteroatoms. The standard InChI is InChI=1S/C15H22ClNO/c1-12(2)13-6-8-14(9-7-13)15(18)17-11-5-3-4-10-16/h6-9,12H,3-5,10-11H2,1-2H3,(H,17,18). The largest absolute Gasteiger partial charge is 0.352 e. The van der Waals surface area contributed by atoms with Crippen LogP contribution in [0.4, 0.5) is 0 Å². The van der Waals surface area contributed by atoms with Crippen molar-refractivity contribution in [3.8, 4) is 0 Å². The maximum atomic E-state index is 11.8. The molecule has 18 heavy (non-hydrogen) atoms. The number of benzene rings is 1. The Bertz CT molecular complexity index is 359. The maximum Gasteiger partial charge on any atom is 0.251 e. The topological polar surface area (TPSA) is 29.1 Å². The van der Waals surface area contributed by atoms with Crippen molar-refractivity contribution in [1.82, 2.24) is 5.32 Å². The van der Waals surface area contributed by atoms with Gasteiger partial charge >= 0.3 is 0 Å². The van der Waals surface area contributed by atoms with E-state index in [0.29, 0.717) is 11.8 Å². The Morgan fingerprint density at radius 1 is 1.17 bits per heavy atom. The van der Waals surface area contributed by atoms with Gasteiger partial charge in [-0.3, -0.25) is 4.79 Å². The number of alkyl halides is 1. The van der Waals surface area contributed by atoms with E-state index in [0.717, 1.165) is 31.4 Å². The molecule has 0 aliphatic heterocycles. The van der Waals surface area contributed by atoms with Crippen molar-refractivity contribution in [2.45, 2.75) is 39.0 Å². The van der Waals surface area contributed by atoms with Gasteiger partial charge in [-0.25, -0.2) is 0 Å². The van der Waals surface area contributed by atoms with Crippen LogP contribution >= 0.6 is 11.6 Å². The number of halogens is 1. The fourth-order valence-corrected chi connectivity index (χ4v) is 1.91. The monoisotopic (exact) mass is 267 g/mol. The summed E-state index contributed by atoms with van der Waals surface area (Å²) >= 11 is 5.59. The van der Waals surface area contributed by atoms with Gasteiger partial charge < -0.3 is 5.32 Å². The summed E-state index contributed by atoms with van der Waals surface area (Å²) in [6.07, 6.45) is 3.07. The van der Waals surface area contributed by atoms with Gasteiger partial charge in [0.25, 0.3) is 5.91 Å². The fraction of sp³-hybridized carbons (Fsp3) is 0.533. The summed E-state index contributed by atoms with van der Waals surface area (Å²) in [5.74, 6) is 1.21. The summed E-state index contributed by atoms with van der Waals surface area (Å²) in [5.41, 5.74) is 1.99. The molecule has 1 aromatic rings. The van der Waals surface area contributed by atoms with Crippen molar-refractivity contribution in [2.24, 2.45) is 0 Å². The molecular formula is C15H22ClNO. The second kappa shape index (κ2) is 8.15. The lowest BCUT2D eigenvalue weighted by molar-refractivity contribution is 0.0953. The first-order chi connectivity index (χ1) is 8.65. The second-order valence-electron chi connectivity index (χ2n) is 4.78. The van der Waals surface area contributed by atoms with E-state index in [9.17, 15) is 4.79 Å². The molecule has 100 valence electrons. The average molecular weight is 268 g/mol. The van der Waals surface area contributed by atoms with Gasteiger partial charge in [-0.15, -0.1) is 11.6 Å². The van der Waals surface area contributed by atoms with E-state index in [1.54, 1.807) is 0 Å². The van der Waals surface area contributed by atoms with E-state index in [4.69, 9.17) is 11.6 Å². The van der Waals surface area contributed by atoms with Crippen molar-refractivity contribution in [1.29, 1.82) is 0 Å². The molecule has 0 aromatic heterocycles. The molecule has 1 N–H and O–H groups in total. The van der Waals surface area contributed by atoms with E-state index in [1.807, 2.05) is 24.3 Å². The number of amides is 1. The third-order valence-corrected chi connectivity index (χ3v) is 3.20. The molecule has 1 amide bonds. The average Bonchev–Trinajstić information content (AvgIpc) is 2.38. The van der Waals surface area contributed by atoms with Crippen LogP contribution in [0.15, 0.2) is 24.3 Å². The number of carbonyl (C=O) groups is 1. The van der Waals surface area contributed by atoms with Crippen molar-refractivity contribution in [2.75, 3.05) is 12.4 Å². The molecule has 0 aliphatic carbocycles. The molecule has 0 atom stereocenters. The first-order valence-electron chi connectivity index (χ1n) is 6.59. The molecule has 0 aliphatic rings. The van der Waals surface area contributed by atoms with Gasteiger partial charge in [-0.2, -0.15) is 0 Å². The van der Waals surface area contributed by atoms with Gasteiger partial charge in [0.1, 0.15) is 0 Å². The first-order valence-corrected chi connectivity index (χ1v) is 7.12. The van der Waals surface area contributed by atoms with Gasteiger partial charge in [0.15, 0.2) is 0 Å². The molecule has 0 radical (unpaired) electrons. The van der Waals surface area contributed by atoms with E-state index >= 15 is 0 Å². The highest BCUT2D eigenvalue weighted by Gasteiger charge is 2.05. The van der Waals surface area contributed by atoms with E-state index in [-0.39, 0.29) is 5.91 Å². The quantitative estimate of drug-likeness (QED) is 0.588. The number of hydrogen-bond acceptors (Lipinski definition) is 1. The predicted molar refractivity (Wildman–Crippen MR) is 77.4 cm³/mol. The summed E-state index contributed by atoms with van der Waals surface area (Å²) in [4.78, 5) is 11.8. The Balaban J connectivity index is 2.37. The molecule has 0 spiro atoms. The summed E-state index contributed by atoms with van der Waals surface area (Å²) < 4.78 is 0. The molecule has 0 heterocycles. The van der Waals surface area contributed by atoms with Crippen molar-refractivity contribution < 1.29 is 4.79 Å². The summed E-state index contributed by atoms with van der Waals surface area (Å²) in [7, 11) is 0. The zero-order valence-corrected chi connectivity index (χ0v) is 12.0. The van der Waals surface area contributed by atoms with Crippen molar-refractivity contribution >= 4 is 17.5 Å². The second-order valence-corrected chi connectivity index (χ2v) is 5.16. The molecule has 2 nitrogen and oxygen atoms in total. The molecule has 1 rings (SSSR count). The van der Waals surface area contributed by atoms with Crippen LogP contribution in [-0.4, -0.2) is 18.3 Å². The maximum absolute atomic E-state index is 11.8. The number of hydrogen-bond donors (Lipinski definition) is 1. The summed E-state index contributed by atoms with van der Waals surface area (Å²) in [5, 5.41) is 2.92. The molecule has 0 saturated carbocycles. The Morgan fingerprint density at radius 2 is 1.83 bits per heavy atom. The molecule has 0 bridgehead atoms. The van der Waals surface area contributed by atoms with Gasteiger partial charge in [-0.1, -0.05) is 32.4 Å². The van der Waals surface area contributed by atoms with Crippen LogP contribution in [0.5, 0.6) is 0 Å². The van der Waals surface area contributed by atoms with Crippen LogP contribution < -0.4 is 5.32 Å². The third kappa shape index (κ3) is 5.09. The molecule has 0 fully saturated rings. The van der Waals surface area contributed by atoms with Gasteiger partial charge in [0, 0.05) is 18.0 Å². The van der Waals surface area contributed by atoms with Crippen molar-refractivity contribution in [3.05, 3.63) is 35.4 Å².